The van der Waals surface area contributed by atoms with E-state index in [1.807, 2.05) is 6.07 Å². The lowest BCUT2D eigenvalue weighted by Crippen LogP contribution is -2.28. The first-order valence-corrected chi connectivity index (χ1v) is 9.85. The highest BCUT2D eigenvalue weighted by Crippen LogP contribution is 2.68. The fourth-order valence-electron chi connectivity index (χ4n) is 4.51. The molecule has 6 nitrogen and oxygen atoms in total. The highest BCUT2D eigenvalue weighted by atomic mass is 35.5. The number of halogens is 4. The van der Waals surface area contributed by atoms with E-state index in [-0.39, 0.29) is 19.4 Å². The Morgan fingerprint density at radius 1 is 1.17 bits per heavy atom. The number of aromatic nitrogens is 6. The van der Waals surface area contributed by atoms with Crippen LogP contribution in [-0.2, 0) is 6.54 Å². The molecule has 152 valence electrons. The summed E-state index contributed by atoms with van der Waals surface area (Å²) in [7, 11) is 0. The summed E-state index contributed by atoms with van der Waals surface area (Å²) in [4.78, 5) is 8.44. The second-order valence-corrected chi connectivity index (χ2v) is 8.48. The fourth-order valence-corrected chi connectivity index (χ4v) is 5.03. The van der Waals surface area contributed by atoms with E-state index in [1.54, 1.807) is 17.1 Å². The lowest BCUT2D eigenvalue weighted by Gasteiger charge is -2.28. The number of pyridine rings is 2. The van der Waals surface area contributed by atoms with E-state index in [0.29, 0.717) is 28.3 Å². The van der Waals surface area contributed by atoms with Gasteiger partial charge in [0, 0.05) is 23.6 Å². The minimum atomic E-state index is -2.74. The summed E-state index contributed by atoms with van der Waals surface area (Å²) in [6, 6.07) is 4.62. The monoisotopic (exact) mass is 430 g/mol. The normalized spacial score (nSPS) is 24.3. The number of rotatable bonds is 2. The Kier molecular flexibility index (Phi) is 3.46. The van der Waals surface area contributed by atoms with E-state index in [1.165, 1.54) is 12.1 Å². The smallest absolute Gasteiger partial charge is 0.256 e. The van der Waals surface area contributed by atoms with Crippen molar-refractivity contribution in [2.45, 2.75) is 30.7 Å². The van der Waals surface area contributed by atoms with Crippen LogP contribution in [0.25, 0.3) is 33.5 Å². The number of aromatic amines is 1. The van der Waals surface area contributed by atoms with Gasteiger partial charge in [0.1, 0.15) is 11.5 Å². The van der Waals surface area contributed by atoms with Crippen molar-refractivity contribution >= 4 is 22.6 Å². The molecule has 0 aromatic carbocycles. The van der Waals surface area contributed by atoms with Gasteiger partial charge in [-0.2, -0.15) is 10.2 Å². The van der Waals surface area contributed by atoms with Gasteiger partial charge in [0.15, 0.2) is 5.65 Å². The largest absolute Gasteiger partial charge is 0.266 e. The summed E-state index contributed by atoms with van der Waals surface area (Å²) in [6.07, 6.45) is 4.35. The third-order valence-electron chi connectivity index (χ3n) is 6.12. The maximum Gasteiger partial charge on any atom is 0.256 e. The molecule has 5 heterocycles. The SMILES string of the molecule is Fc1ccc(-c2nn3c(c2-c2ccnc4[nH]ncc24)C(Cl)CC2(C3)CC2(F)F)nc1. The van der Waals surface area contributed by atoms with Crippen LogP contribution in [0.3, 0.4) is 0 Å². The average molecular weight is 431 g/mol. The van der Waals surface area contributed by atoms with E-state index in [2.05, 4.69) is 25.3 Å². The van der Waals surface area contributed by atoms with Gasteiger partial charge in [-0.25, -0.2) is 18.2 Å². The van der Waals surface area contributed by atoms with Gasteiger partial charge in [-0.15, -0.1) is 11.6 Å². The molecule has 1 aliphatic carbocycles. The molecule has 1 saturated carbocycles. The quantitative estimate of drug-likeness (QED) is 0.466. The molecule has 2 aliphatic rings. The van der Waals surface area contributed by atoms with Crippen molar-refractivity contribution in [1.29, 1.82) is 0 Å². The minimum Gasteiger partial charge on any atom is -0.266 e. The highest BCUT2D eigenvalue weighted by molar-refractivity contribution is 6.21. The van der Waals surface area contributed by atoms with Gasteiger partial charge >= 0.3 is 0 Å². The predicted molar refractivity (Wildman–Crippen MR) is 104 cm³/mol. The topological polar surface area (TPSA) is 72.3 Å². The van der Waals surface area contributed by atoms with Crippen molar-refractivity contribution in [3.63, 3.8) is 0 Å². The second kappa shape index (κ2) is 5.81. The molecular formula is C20H14ClF3N6. The standard InChI is InChI=1S/C20H14ClF3N6/c21-13-5-19(8-20(19,23)24)9-30-17(13)15(11-3-4-25-18-12(11)7-27-28-18)16(29-30)14-2-1-10(22)6-26-14/h1-4,6-7,13H,5,8-9H2,(H,25,27,28). The van der Waals surface area contributed by atoms with Gasteiger partial charge in [0.2, 0.25) is 0 Å². The Morgan fingerprint density at radius 3 is 2.73 bits per heavy atom. The molecule has 1 aliphatic heterocycles. The van der Waals surface area contributed by atoms with Crippen LogP contribution in [0.1, 0.15) is 23.9 Å². The third-order valence-corrected chi connectivity index (χ3v) is 6.48. The maximum absolute atomic E-state index is 14.1. The van der Waals surface area contributed by atoms with Crippen LogP contribution >= 0.6 is 11.6 Å². The van der Waals surface area contributed by atoms with Crippen LogP contribution < -0.4 is 0 Å². The van der Waals surface area contributed by atoms with Crippen LogP contribution in [0.2, 0.25) is 0 Å². The minimum absolute atomic E-state index is 0.0758. The zero-order valence-corrected chi connectivity index (χ0v) is 16.2. The first kappa shape index (κ1) is 17.9. The molecule has 0 bridgehead atoms. The van der Waals surface area contributed by atoms with Gasteiger partial charge in [-0.1, -0.05) is 0 Å². The first-order chi connectivity index (χ1) is 14.4. The van der Waals surface area contributed by atoms with E-state index < -0.39 is 22.5 Å². The van der Waals surface area contributed by atoms with E-state index in [4.69, 9.17) is 11.6 Å². The molecule has 0 saturated heterocycles. The van der Waals surface area contributed by atoms with Crippen molar-refractivity contribution in [1.82, 2.24) is 29.9 Å². The number of H-pyrrole nitrogens is 1. The molecule has 0 radical (unpaired) electrons. The summed E-state index contributed by atoms with van der Waals surface area (Å²) < 4.78 is 43.3. The molecule has 6 rings (SSSR count). The zero-order valence-electron chi connectivity index (χ0n) is 15.4. The van der Waals surface area contributed by atoms with Gasteiger partial charge < -0.3 is 0 Å². The van der Waals surface area contributed by atoms with Crippen LogP contribution in [0, 0.1) is 11.2 Å². The molecule has 2 atom stereocenters. The highest BCUT2D eigenvalue weighted by Gasteiger charge is 2.72. The number of hydrogen-bond donors (Lipinski definition) is 1. The summed E-state index contributed by atoms with van der Waals surface area (Å²) in [5, 5.41) is 11.6. The molecule has 30 heavy (non-hydrogen) atoms. The number of nitrogens with one attached hydrogen (secondary N) is 1. The maximum atomic E-state index is 14.1. The fraction of sp³-hybridized carbons (Fsp3) is 0.300. The Labute approximate surface area is 173 Å². The summed E-state index contributed by atoms with van der Waals surface area (Å²) >= 11 is 6.69. The number of nitrogens with zero attached hydrogens (tertiary/aromatic N) is 5. The van der Waals surface area contributed by atoms with Crippen LogP contribution in [-0.4, -0.2) is 35.9 Å². The van der Waals surface area contributed by atoms with Crippen molar-refractivity contribution in [3.05, 3.63) is 48.3 Å². The molecule has 0 amide bonds. The molecule has 4 aromatic rings. The third kappa shape index (κ3) is 2.38. The lowest BCUT2D eigenvalue weighted by atomic mass is 9.90. The molecule has 10 heteroatoms. The van der Waals surface area contributed by atoms with E-state index in [9.17, 15) is 13.2 Å². The van der Waals surface area contributed by atoms with Gasteiger partial charge in [0.25, 0.3) is 5.92 Å². The predicted octanol–water partition coefficient (Wildman–Crippen LogP) is 4.73. The second-order valence-electron chi connectivity index (χ2n) is 7.95. The number of hydrogen-bond acceptors (Lipinski definition) is 4. The van der Waals surface area contributed by atoms with Crippen LogP contribution in [0.4, 0.5) is 13.2 Å². The van der Waals surface area contributed by atoms with Gasteiger partial charge in [0.05, 0.1) is 41.1 Å². The van der Waals surface area contributed by atoms with E-state index >= 15 is 0 Å². The van der Waals surface area contributed by atoms with Crippen LogP contribution in [0.5, 0.6) is 0 Å². The average Bonchev–Trinajstić information content (AvgIpc) is 3.11. The van der Waals surface area contributed by atoms with E-state index in [0.717, 1.165) is 17.1 Å². The van der Waals surface area contributed by atoms with Gasteiger partial charge in [-0.05, 0) is 30.2 Å². The van der Waals surface area contributed by atoms with Crippen molar-refractivity contribution in [2.75, 3.05) is 0 Å². The van der Waals surface area contributed by atoms with Crippen LogP contribution in [0.15, 0.2) is 36.8 Å². The number of alkyl halides is 3. The summed E-state index contributed by atoms with van der Waals surface area (Å²) in [5.41, 5.74) is 2.42. The molecule has 1 N–H and O–H groups in total. The molecule has 1 fully saturated rings. The Morgan fingerprint density at radius 2 is 2.00 bits per heavy atom. The Bertz CT molecular complexity index is 1300. The zero-order chi connectivity index (χ0) is 20.7. The van der Waals surface area contributed by atoms with Crippen molar-refractivity contribution in [3.8, 4) is 22.5 Å². The summed E-state index contributed by atoms with van der Waals surface area (Å²) in [6.45, 7) is 0.0758. The lowest BCUT2D eigenvalue weighted by molar-refractivity contribution is 0.0453. The molecule has 4 aromatic heterocycles. The van der Waals surface area contributed by atoms with Crippen molar-refractivity contribution in [2.24, 2.45) is 5.41 Å². The summed E-state index contributed by atoms with van der Waals surface area (Å²) in [5.74, 6) is -3.22. The molecular weight excluding hydrogens is 417 g/mol. The van der Waals surface area contributed by atoms with Crippen molar-refractivity contribution < 1.29 is 13.2 Å². The Hall–Kier alpha value is -2.94. The van der Waals surface area contributed by atoms with Gasteiger partial charge in [-0.3, -0.25) is 14.8 Å². The Balaban J connectivity index is 1.62. The first-order valence-electron chi connectivity index (χ1n) is 9.42. The molecule has 2 unspecified atom stereocenters. The number of fused-ring (bicyclic) bond motifs is 2. The molecule has 1 spiro atoms.